The molecule has 3 amide bonds. The topological polar surface area (TPSA) is 66.5 Å². The first-order valence-corrected chi connectivity index (χ1v) is 9.30. The van der Waals surface area contributed by atoms with Gasteiger partial charge in [-0.3, -0.25) is 14.4 Å². The number of halogens is 1. The Morgan fingerprint density at radius 2 is 1.65 bits per heavy atom. The molecule has 128 valence electrons. The van der Waals surface area contributed by atoms with Crippen molar-refractivity contribution in [1.29, 1.82) is 0 Å². The van der Waals surface area contributed by atoms with Gasteiger partial charge in [-0.2, -0.15) is 0 Å². The van der Waals surface area contributed by atoms with Crippen molar-refractivity contribution < 1.29 is 14.4 Å². The van der Waals surface area contributed by atoms with Gasteiger partial charge < -0.3 is 5.32 Å². The molecule has 1 N–H and O–H groups in total. The number of carbonyl (C=O) groups is 3. The molecule has 1 aliphatic rings. The van der Waals surface area contributed by atoms with E-state index in [2.05, 4.69) is 21.2 Å². The van der Waals surface area contributed by atoms with Crippen molar-refractivity contribution in [3.63, 3.8) is 0 Å². The Hall–Kier alpha value is -2.77. The summed E-state index contributed by atoms with van der Waals surface area (Å²) in [6, 6.07) is 17.0. The number of rotatable bonds is 3. The monoisotopic (exact) mass is 426 g/mol. The smallest absolute Gasteiger partial charge is 0.266 e. The molecule has 0 fully saturated rings. The molecule has 0 radical (unpaired) electrons. The Morgan fingerprint density at radius 1 is 0.923 bits per heavy atom. The van der Waals surface area contributed by atoms with E-state index in [1.807, 2.05) is 6.07 Å². The molecule has 2 heterocycles. The lowest BCUT2D eigenvalue weighted by Crippen LogP contribution is -2.29. The molecular weight excluding hydrogens is 416 g/mol. The van der Waals surface area contributed by atoms with Gasteiger partial charge in [0, 0.05) is 5.69 Å². The molecule has 0 bridgehead atoms. The number of benzene rings is 2. The minimum absolute atomic E-state index is 0.266. The molecule has 3 aromatic rings. The van der Waals surface area contributed by atoms with Crippen LogP contribution in [0.25, 0.3) is 0 Å². The fourth-order valence-corrected chi connectivity index (χ4v) is 4.04. The highest BCUT2D eigenvalue weighted by Crippen LogP contribution is 2.30. The van der Waals surface area contributed by atoms with E-state index in [0.29, 0.717) is 21.8 Å². The fraction of sp³-hybridized carbons (Fsp3) is 0. The number of fused-ring (bicyclic) bond motifs is 1. The van der Waals surface area contributed by atoms with Crippen LogP contribution in [0.15, 0.2) is 64.5 Å². The van der Waals surface area contributed by atoms with Crippen LogP contribution < -0.4 is 10.2 Å². The second kappa shape index (κ2) is 6.51. The predicted molar refractivity (Wildman–Crippen MR) is 104 cm³/mol. The van der Waals surface area contributed by atoms with Crippen LogP contribution in [-0.2, 0) is 0 Å². The Labute approximate surface area is 161 Å². The van der Waals surface area contributed by atoms with Crippen LogP contribution in [0.5, 0.6) is 0 Å². The zero-order chi connectivity index (χ0) is 18.3. The average Bonchev–Trinajstić information content (AvgIpc) is 3.18. The van der Waals surface area contributed by atoms with Gasteiger partial charge in [0.2, 0.25) is 0 Å². The molecular formula is C19H11BrN2O3S. The Morgan fingerprint density at radius 3 is 2.35 bits per heavy atom. The number of carbonyl (C=O) groups excluding carboxylic acids is 3. The lowest BCUT2D eigenvalue weighted by molar-refractivity contribution is 0.0924. The fourth-order valence-electron chi connectivity index (χ4n) is 2.76. The van der Waals surface area contributed by atoms with Crippen LogP contribution in [0.3, 0.4) is 0 Å². The summed E-state index contributed by atoms with van der Waals surface area (Å²) >= 11 is 4.64. The van der Waals surface area contributed by atoms with Crippen LogP contribution in [-0.4, -0.2) is 17.7 Å². The SMILES string of the molecule is O=C(Nc1ccc2c(c1)C(=O)N(c1ccccc1)C2=O)c1ccc(Br)s1. The molecule has 0 spiro atoms. The van der Waals surface area contributed by atoms with Gasteiger partial charge in [-0.15, -0.1) is 11.3 Å². The highest BCUT2D eigenvalue weighted by molar-refractivity contribution is 9.11. The summed E-state index contributed by atoms with van der Waals surface area (Å²) < 4.78 is 0.857. The van der Waals surface area contributed by atoms with E-state index < -0.39 is 5.91 Å². The number of anilines is 2. The molecule has 5 nitrogen and oxygen atoms in total. The number of thiophene rings is 1. The van der Waals surface area contributed by atoms with Crippen molar-refractivity contribution in [2.45, 2.75) is 0 Å². The number of amides is 3. The van der Waals surface area contributed by atoms with E-state index in [1.165, 1.54) is 11.3 Å². The van der Waals surface area contributed by atoms with Gasteiger partial charge in [-0.05, 0) is 58.4 Å². The number of para-hydroxylation sites is 1. The highest BCUT2D eigenvalue weighted by atomic mass is 79.9. The molecule has 1 aromatic heterocycles. The third kappa shape index (κ3) is 2.85. The summed E-state index contributed by atoms with van der Waals surface area (Å²) in [5, 5.41) is 2.76. The van der Waals surface area contributed by atoms with Crippen LogP contribution in [0.1, 0.15) is 30.4 Å². The van der Waals surface area contributed by atoms with Gasteiger partial charge in [0.15, 0.2) is 0 Å². The Bertz CT molecular complexity index is 1050. The van der Waals surface area contributed by atoms with E-state index in [4.69, 9.17) is 0 Å². The second-order valence-electron chi connectivity index (χ2n) is 5.60. The molecule has 26 heavy (non-hydrogen) atoms. The second-order valence-corrected chi connectivity index (χ2v) is 8.06. The average molecular weight is 427 g/mol. The Kier molecular flexibility index (Phi) is 4.18. The molecule has 0 atom stereocenters. The van der Waals surface area contributed by atoms with Crippen molar-refractivity contribution >= 4 is 56.4 Å². The molecule has 7 heteroatoms. The van der Waals surface area contributed by atoms with Crippen LogP contribution in [0.4, 0.5) is 11.4 Å². The van der Waals surface area contributed by atoms with Crippen molar-refractivity contribution in [3.8, 4) is 0 Å². The number of hydrogen-bond donors (Lipinski definition) is 1. The van der Waals surface area contributed by atoms with Crippen molar-refractivity contribution in [3.05, 3.63) is 80.5 Å². The normalized spacial score (nSPS) is 13.0. The van der Waals surface area contributed by atoms with Gasteiger partial charge in [-0.1, -0.05) is 18.2 Å². The van der Waals surface area contributed by atoms with Crippen molar-refractivity contribution in [1.82, 2.24) is 0 Å². The summed E-state index contributed by atoms with van der Waals surface area (Å²) in [4.78, 5) is 39.3. The van der Waals surface area contributed by atoms with Crippen LogP contribution >= 0.6 is 27.3 Å². The first-order valence-electron chi connectivity index (χ1n) is 7.69. The van der Waals surface area contributed by atoms with Crippen LogP contribution in [0, 0.1) is 0 Å². The van der Waals surface area contributed by atoms with E-state index in [0.717, 1.165) is 8.69 Å². The first kappa shape index (κ1) is 16.7. The predicted octanol–water partition coefficient (Wildman–Crippen LogP) is 4.56. The standard InChI is InChI=1S/C19H11BrN2O3S/c20-16-9-8-15(26-16)17(23)21-11-6-7-13-14(10-11)19(25)22(18(13)24)12-4-2-1-3-5-12/h1-10H,(H,21,23). The van der Waals surface area contributed by atoms with Crippen LogP contribution in [0.2, 0.25) is 0 Å². The van der Waals surface area contributed by atoms with Gasteiger partial charge in [0.25, 0.3) is 17.7 Å². The maximum absolute atomic E-state index is 12.7. The van der Waals surface area contributed by atoms with Gasteiger partial charge in [0.05, 0.1) is 25.5 Å². The first-order chi connectivity index (χ1) is 12.5. The lowest BCUT2D eigenvalue weighted by Gasteiger charge is -2.13. The lowest BCUT2D eigenvalue weighted by atomic mass is 10.1. The number of imide groups is 1. The molecule has 0 unspecified atom stereocenters. The summed E-state index contributed by atoms with van der Waals surface area (Å²) in [5.41, 5.74) is 1.60. The summed E-state index contributed by atoms with van der Waals surface area (Å²) in [6.07, 6.45) is 0. The molecule has 0 saturated carbocycles. The molecule has 0 aliphatic carbocycles. The van der Waals surface area contributed by atoms with E-state index >= 15 is 0 Å². The number of hydrogen-bond acceptors (Lipinski definition) is 4. The van der Waals surface area contributed by atoms with Gasteiger partial charge >= 0.3 is 0 Å². The van der Waals surface area contributed by atoms with Gasteiger partial charge in [0.1, 0.15) is 0 Å². The number of nitrogens with one attached hydrogen (secondary N) is 1. The minimum atomic E-state index is -0.397. The van der Waals surface area contributed by atoms with Crippen molar-refractivity contribution in [2.75, 3.05) is 10.2 Å². The summed E-state index contributed by atoms with van der Waals surface area (Å²) in [7, 11) is 0. The molecule has 1 aliphatic heterocycles. The maximum atomic E-state index is 12.7. The third-order valence-electron chi connectivity index (χ3n) is 3.96. The van der Waals surface area contributed by atoms with E-state index in [1.54, 1.807) is 54.6 Å². The minimum Gasteiger partial charge on any atom is -0.321 e. The quantitative estimate of drug-likeness (QED) is 0.623. The van der Waals surface area contributed by atoms with E-state index in [9.17, 15) is 14.4 Å². The molecule has 2 aromatic carbocycles. The third-order valence-corrected chi connectivity index (χ3v) is 5.58. The summed E-state index contributed by atoms with van der Waals surface area (Å²) in [5.74, 6) is -1.03. The van der Waals surface area contributed by atoms with Gasteiger partial charge in [-0.25, -0.2) is 4.90 Å². The maximum Gasteiger partial charge on any atom is 0.266 e. The zero-order valence-corrected chi connectivity index (χ0v) is 15.6. The zero-order valence-electron chi connectivity index (χ0n) is 13.2. The van der Waals surface area contributed by atoms with Crippen molar-refractivity contribution in [2.24, 2.45) is 0 Å². The van der Waals surface area contributed by atoms with E-state index in [-0.39, 0.29) is 17.4 Å². The Balaban J connectivity index is 1.63. The molecule has 4 rings (SSSR count). The summed E-state index contributed by atoms with van der Waals surface area (Å²) in [6.45, 7) is 0. The largest absolute Gasteiger partial charge is 0.321 e. The molecule has 0 saturated heterocycles. The number of nitrogens with zero attached hydrogens (tertiary/aromatic N) is 1. The highest BCUT2D eigenvalue weighted by Gasteiger charge is 2.36.